The van der Waals surface area contributed by atoms with Gasteiger partial charge in [-0.3, -0.25) is 10.1 Å². The van der Waals surface area contributed by atoms with Crippen LogP contribution in [-0.2, 0) is 9.47 Å². The molecule has 7 nitrogen and oxygen atoms in total. The molecule has 0 aromatic heterocycles. The number of ether oxygens (including phenoxy) is 2. The first-order valence-corrected chi connectivity index (χ1v) is 5.29. The van der Waals surface area contributed by atoms with Gasteiger partial charge < -0.3 is 19.7 Å². The molecule has 0 aromatic carbocycles. The Balaban J connectivity index is 1.90. The average Bonchev–Trinajstić information content (AvgIpc) is 2.66. The normalized spacial score (nSPS) is 28.1. The Hall–Kier alpha value is -1.34. The van der Waals surface area contributed by atoms with Gasteiger partial charge in [-0.25, -0.2) is 0 Å². The molecule has 0 unspecified atom stereocenters. The maximum atomic E-state index is 10.4. The predicted molar refractivity (Wildman–Crippen MR) is 55.0 cm³/mol. The van der Waals surface area contributed by atoms with E-state index in [1.165, 1.54) is 0 Å². The molecule has 2 heterocycles. The average molecular weight is 229 g/mol. The SMILES string of the molecule is O=[N+]([O-])/C=C1\NCCN1C[C@@H]1CCOCO1. The summed E-state index contributed by atoms with van der Waals surface area (Å²) in [5.74, 6) is 0.570. The first-order chi connectivity index (χ1) is 7.75. The van der Waals surface area contributed by atoms with Crippen molar-refractivity contribution in [1.82, 2.24) is 10.2 Å². The largest absolute Gasteiger partial charge is 0.365 e. The summed E-state index contributed by atoms with van der Waals surface area (Å²) < 4.78 is 10.5. The second-order valence-corrected chi connectivity index (χ2v) is 3.78. The van der Waals surface area contributed by atoms with Gasteiger partial charge in [0.2, 0.25) is 0 Å². The highest BCUT2D eigenvalue weighted by Crippen LogP contribution is 2.13. The van der Waals surface area contributed by atoms with Crippen LogP contribution >= 0.6 is 0 Å². The monoisotopic (exact) mass is 229 g/mol. The first-order valence-electron chi connectivity index (χ1n) is 5.29. The van der Waals surface area contributed by atoms with Crippen LogP contribution < -0.4 is 5.32 Å². The molecule has 0 aliphatic carbocycles. The van der Waals surface area contributed by atoms with Crippen LogP contribution in [0, 0.1) is 10.1 Å². The van der Waals surface area contributed by atoms with E-state index in [1.54, 1.807) is 0 Å². The van der Waals surface area contributed by atoms with Gasteiger partial charge in [0.1, 0.15) is 6.79 Å². The molecule has 2 saturated heterocycles. The second kappa shape index (κ2) is 5.13. The van der Waals surface area contributed by atoms with Crippen molar-refractivity contribution < 1.29 is 14.4 Å². The molecule has 90 valence electrons. The Kier molecular flexibility index (Phi) is 3.58. The molecule has 2 rings (SSSR count). The molecular formula is C9H15N3O4. The molecule has 0 bridgehead atoms. The van der Waals surface area contributed by atoms with Gasteiger partial charge in [0.15, 0.2) is 5.82 Å². The number of hydrogen-bond donors (Lipinski definition) is 1. The number of nitrogens with one attached hydrogen (secondary N) is 1. The van der Waals surface area contributed by atoms with Crippen LogP contribution in [0.1, 0.15) is 6.42 Å². The fourth-order valence-electron chi connectivity index (χ4n) is 1.86. The molecule has 0 aromatic rings. The molecule has 16 heavy (non-hydrogen) atoms. The highest BCUT2D eigenvalue weighted by molar-refractivity contribution is 5.00. The molecule has 7 heteroatoms. The number of rotatable bonds is 3. The van der Waals surface area contributed by atoms with Crippen LogP contribution in [0.25, 0.3) is 0 Å². The first kappa shape index (κ1) is 11.2. The van der Waals surface area contributed by atoms with Crippen molar-refractivity contribution in [2.75, 3.05) is 33.0 Å². The third-order valence-electron chi connectivity index (χ3n) is 2.65. The van der Waals surface area contributed by atoms with Gasteiger partial charge in [-0.2, -0.15) is 0 Å². The highest BCUT2D eigenvalue weighted by atomic mass is 16.7. The molecule has 2 fully saturated rings. The molecule has 0 spiro atoms. The Morgan fingerprint density at radius 2 is 2.56 bits per heavy atom. The van der Waals surface area contributed by atoms with E-state index in [1.807, 2.05) is 4.90 Å². The summed E-state index contributed by atoms with van der Waals surface area (Å²) in [6, 6.07) is 0. The molecule has 0 amide bonds. The fourth-order valence-corrected chi connectivity index (χ4v) is 1.86. The maximum absolute atomic E-state index is 10.4. The molecule has 2 aliphatic rings. The summed E-state index contributed by atoms with van der Waals surface area (Å²) >= 11 is 0. The lowest BCUT2D eigenvalue weighted by atomic mass is 10.2. The Labute approximate surface area is 93.1 Å². The highest BCUT2D eigenvalue weighted by Gasteiger charge is 2.24. The van der Waals surface area contributed by atoms with Crippen LogP contribution in [0.15, 0.2) is 12.0 Å². The zero-order chi connectivity index (χ0) is 11.4. The Morgan fingerprint density at radius 3 is 3.25 bits per heavy atom. The quantitative estimate of drug-likeness (QED) is 0.530. The number of hydrogen-bond acceptors (Lipinski definition) is 6. The van der Waals surface area contributed by atoms with Gasteiger partial charge in [-0.05, 0) is 6.42 Å². The van der Waals surface area contributed by atoms with E-state index < -0.39 is 4.92 Å². The van der Waals surface area contributed by atoms with Gasteiger partial charge in [-0.15, -0.1) is 0 Å². The minimum absolute atomic E-state index is 0.101. The van der Waals surface area contributed by atoms with Gasteiger partial charge in [-0.1, -0.05) is 0 Å². The summed E-state index contributed by atoms with van der Waals surface area (Å²) in [6.07, 6.45) is 1.94. The van der Waals surface area contributed by atoms with Gasteiger partial charge >= 0.3 is 0 Å². The Bertz CT molecular complexity index is 288. The standard InChI is InChI=1S/C9H15N3O4/c13-12(14)6-9-10-2-3-11(9)5-8-1-4-15-7-16-8/h6,8,10H,1-5,7H2/b9-6+/t8-/m0/s1. The predicted octanol–water partition coefficient (Wildman–Crippen LogP) is -0.270. The summed E-state index contributed by atoms with van der Waals surface area (Å²) in [5, 5.41) is 13.4. The topological polar surface area (TPSA) is 76.9 Å². The molecule has 1 N–H and O–H groups in total. The minimum Gasteiger partial charge on any atom is -0.365 e. The fraction of sp³-hybridized carbons (Fsp3) is 0.778. The lowest BCUT2D eigenvalue weighted by molar-refractivity contribution is -0.404. The Morgan fingerprint density at radius 1 is 1.69 bits per heavy atom. The van der Waals surface area contributed by atoms with Crippen molar-refractivity contribution in [3.8, 4) is 0 Å². The zero-order valence-corrected chi connectivity index (χ0v) is 8.92. The number of nitrogens with zero attached hydrogens (tertiary/aromatic N) is 2. The van der Waals surface area contributed by atoms with Crippen LogP contribution in [0.4, 0.5) is 0 Å². The van der Waals surface area contributed by atoms with E-state index in [-0.39, 0.29) is 6.10 Å². The van der Waals surface area contributed by atoms with Crippen molar-refractivity contribution in [2.24, 2.45) is 0 Å². The third-order valence-corrected chi connectivity index (χ3v) is 2.65. The molecule has 2 aliphatic heterocycles. The van der Waals surface area contributed by atoms with Crippen LogP contribution in [0.2, 0.25) is 0 Å². The van der Waals surface area contributed by atoms with Crippen molar-refractivity contribution in [2.45, 2.75) is 12.5 Å². The van der Waals surface area contributed by atoms with E-state index in [9.17, 15) is 10.1 Å². The van der Waals surface area contributed by atoms with E-state index in [2.05, 4.69) is 5.32 Å². The summed E-state index contributed by atoms with van der Waals surface area (Å²) in [6.45, 7) is 3.21. The summed E-state index contributed by atoms with van der Waals surface area (Å²) in [5.41, 5.74) is 0. The lowest BCUT2D eigenvalue weighted by Crippen LogP contribution is -2.36. The van der Waals surface area contributed by atoms with Gasteiger partial charge in [0, 0.05) is 19.6 Å². The zero-order valence-electron chi connectivity index (χ0n) is 8.92. The van der Waals surface area contributed by atoms with Gasteiger partial charge in [0.25, 0.3) is 6.20 Å². The number of nitro groups is 1. The van der Waals surface area contributed by atoms with E-state index in [0.717, 1.165) is 25.7 Å². The minimum atomic E-state index is -0.439. The van der Waals surface area contributed by atoms with E-state index in [4.69, 9.17) is 9.47 Å². The summed E-state index contributed by atoms with van der Waals surface area (Å²) in [4.78, 5) is 11.9. The van der Waals surface area contributed by atoms with Crippen molar-refractivity contribution in [1.29, 1.82) is 0 Å². The molecular weight excluding hydrogens is 214 g/mol. The van der Waals surface area contributed by atoms with Crippen molar-refractivity contribution in [3.05, 3.63) is 22.1 Å². The lowest BCUT2D eigenvalue weighted by Gasteiger charge is -2.27. The second-order valence-electron chi connectivity index (χ2n) is 3.78. The van der Waals surface area contributed by atoms with Gasteiger partial charge in [0.05, 0.1) is 17.6 Å². The maximum Gasteiger partial charge on any atom is 0.274 e. The van der Waals surface area contributed by atoms with Crippen LogP contribution in [0.5, 0.6) is 0 Å². The molecule has 1 atom stereocenters. The van der Waals surface area contributed by atoms with Crippen molar-refractivity contribution in [3.63, 3.8) is 0 Å². The van der Waals surface area contributed by atoms with Crippen LogP contribution in [0.3, 0.4) is 0 Å². The smallest absolute Gasteiger partial charge is 0.274 e. The van der Waals surface area contributed by atoms with Crippen LogP contribution in [-0.4, -0.2) is 49.0 Å². The van der Waals surface area contributed by atoms with Crippen molar-refractivity contribution >= 4 is 0 Å². The van der Waals surface area contributed by atoms with E-state index in [0.29, 0.717) is 25.8 Å². The molecule has 0 radical (unpaired) electrons. The molecule has 0 saturated carbocycles. The third kappa shape index (κ3) is 2.83. The van der Waals surface area contributed by atoms with E-state index >= 15 is 0 Å². The summed E-state index contributed by atoms with van der Waals surface area (Å²) in [7, 11) is 0.